The van der Waals surface area contributed by atoms with E-state index in [0.29, 0.717) is 18.3 Å². The molecule has 0 bridgehead atoms. The highest BCUT2D eigenvalue weighted by molar-refractivity contribution is 5.95. The first-order chi connectivity index (χ1) is 9.49. The van der Waals surface area contributed by atoms with Gasteiger partial charge in [-0.05, 0) is 51.1 Å². The number of nitrogens with zero attached hydrogens (tertiary/aromatic N) is 1. The van der Waals surface area contributed by atoms with Crippen LogP contribution in [0.2, 0.25) is 0 Å². The number of nitrogens with one attached hydrogen (secondary N) is 1. The van der Waals surface area contributed by atoms with Gasteiger partial charge in [-0.3, -0.25) is 9.69 Å². The predicted molar refractivity (Wildman–Crippen MR) is 80.7 cm³/mol. The van der Waals surface area contributed by atoms with Gasteiger partial charge in [-0.25, -0.2) is 0 Å². The van der Waals surface area contributed by atoms with E-state index in [9.17, 15) is 4.79 Å². The quantitative estimate of drug-likeness (QED) is 0.821. The zero-order chi connectivity index (χ0) is 14.7. The average Bonchev–Trinajstić information content (AvgIpc) is 2.94. The maximum Gasteiger partial charge on any atom is 0.241 e. The van der Waals surface area contributed by atoms with E-state index in [1.807, 2.05) is 33.0 Å². The van der Waals surface area contributed by atoms with Crippen LogP contribution in [0.25, 0.3) is 0 Å². The van der Waals surface area contributed by atoms with Crippen molar-refractivity contribution in [3.05, 3.63) is 23.8 Å². The fraction of sp³-hybridized carbons (Fsp3) is 0.533. The summed E-state index contributed by atoms with van der Waals surface area (Å²) >= 11 is 0. The molecule has 1 aliphatic rings. The smallest absolute Gasteiger partial charge is 0.241 e. The van der Waals surface area contributed by atoms with E-state index in [1.54, 1.807) is 6.07 Å². The molecule has 2 atom stereocenters. The van der Waals surface area contributed by atoms with Gasteiger partial charge in [0.2, 0.25) is 5.91 Å². The third kappa shape index (κ3) is 3.29. The Hall–Kier alpha value is -1.59. The van der Waals surface area contributed by atoms with Crippen molar-refractivity contribution >= 4 is 17.3 Å². The van der Waals surface area contributed by atoms with Gasteiger partial charge in [0.05, 0.1) is 12.6 Å². The third-order valence-corrected chi connectivity index (χ3v) is 3.98. The minimum atomic E-state index is -0.196. The third-order valence-electron chi connectivity index (χ3n) is 3.98. The minimum Gasteiger partial charge on any atom is -0.399 e. The molecule has 0 saturated carbocycles. The van der Waals surface area contributed by atoms with Crippen LogP contribution in [0.1, 0.15) is 18.9 Å². The lowest BCUT2D eigenvalue weighted by atomic mass is 10.1. The maximum atomic E-state index is 12.3. The number of hydrogen-bond donors (Lipinski definition) is 2. The van der Waals surface area contributed by atoms with Crippen LogP contribution in [0, 0.1) is 6.92 Å². The lowest BCUT2D eigenvalue weighted by Crippen LogP contribution is -2.45. The Kier molecular flexibility index (Phi) is 4.62. The first-order valence-electron chi connectivity index (χ1n) is 6.95. The van der Waals surface area contributed by atoms with Gasteiger partial charge in [0.25, 0.3) is 0 Å². The van der Waals surface area contributed by atoms with E-state index < -0.39 is 0 Å². The molecule has 1 aliphatic heterocycles. The van der Waals surface area contributed by atoms with Gasteiger partial charge in [0.1, 0.15) is 0 Å². The van der Waals surface area contributed by atoms with E-state index >= 15 is 0 Å². The number of anilines is 2. The van der Waals surface area contributed by atoms with Crippen LogP contribution in [0.3, 0.4) is 0 Å². The Morgan fingerprint density at radius 3 is 2.90 bits per heavy atom. The topological polar surface area (TPSA) is 67.6 Å². The minimum absolute atomic E-state index is 0.00716. The number of carbonyl (C=O) groups excluding carboxylic acids is 1. The number of carbonyl (C=O) groups is 1. The highest BCUT2D eigenvalue weighted by Crippen LogP contribution is 2.19. The Morgan fingerprint density at radius 1 is 1.55 bits per heavy atom. The number of nitrogen functional groups attached to an aromatic ring is 1. The molecule has 5 heteroatoms. The summed E-state index contributed by atoms with van der Waals surface area (Å²) in [6.45, 7) is 5.33. The predicted octanol–water partition coefficient (Wildman–Crippen LogP) is 1.62. The Balaban J connectivity index is 1.99. The van der Waals surface area contributed by atoms with Crippen LogP contribution < -0.4 is 11.1 Å². The Bertz CT molecular complexity index is 484. The molecule has 1 aromatic rings. The summed E-state index contributed by atoms with van der Waals surface area (Å²) in [5.74, 6) is -0.00716. The van der Waals surface area contributed by atoms with Crippen LogP contribution in [-0.4, -0.2) is 43.2 Å². The summed E-state index contributed by atoms with van der Waals surface area (Å²) in [5, 5.41) is 2.96. The fourth-order valence-electron chi connectivity index (χ4n) is 2.41. The molecular weight excluding hydrogens is 254 g/mol. The van der Waals surface area contributed by atoms with Crippen LogP contribution in [-0.2, 0) is 9.53 Å². The number of likely N-dealkylation sites (N-methyl/N-ethyl adjacent to an activating group) is 1. The molecule has 5 nitrogen and oxygen atoms in total. The molecule has 1 aromatic carbocycles. The first kappa shape index (κ1) is 14.8. The van der Waals surface area contributed by atoms with Gasteiger partial charge >= 0.3 is 0 Å². The second-order valence-electron chi connectivity index (χ2n) is 5.42. The molecule has 3 N–H and O–H groups in total. The fourth-order valence-corrected chi connectivity index (χ4v) is 2.41. The number of aryl methyl sites for hydroxylation is 1. The lowest BCUT2D eigenvalue weighted by Gasteiger charge is -2.28. The van der Waals surface area contributed by atoms with Crippen molar-refractivity contribution in [1.29, 1.82) is 0 Å². The summed E-state index contributed by atoms with van der Waals surface area (Å²) < 4.78 is 5.37. The van der Waals surface area contributed by atoms with Crippen molar-refractivity contribution in [2.45, 2.75) is 32.4 Å². The van der Waals surface area contributed by atoms with Gasteiger partial charge in [-0.1, -0.05) is 0 Å². The molecule has 0 spiro atoms. The highest BCUT2D eigenvalue weighted by Gasteiger charge is 2.27. The summed E-state index contributed by atoms with van der Waals surface area (Å²) in [6.07, 6.45) is 0.981. The van der Waals surface area contributed by atoms with E-state index in [1.165, 1.54) is 0 Å². The normalized spacial score (nSPS) is 20.1. The van der Waals surface area contributed by atoms with Crippen molar-refractivity contribution in [3.63, 3.8) is 0 Å². The average molecular weight is 277 g/mol. The molecule has 110 valence electrons. The van der Waals surface area contributed by atoms with E-state index in [2.05, 4.69) is 10.2 Å². The number of nitrogens with two attached hydrogens (primary N) is 1. The van der Waals surface area contributed by atoms with Crippen molar-refractivity contribution in [3.8, 4) is 0 Å². The van der Waals surface area contributed by atoms with Crippen LogP contribution in [0.15, 0.2) is 18.2 Å². The van der Waals surface area contributed by atoms with E-state index in [4.69, 9.17) is 10.5 Å². The molecule has 1 fully saturated rings. The molecule has 0 aromatic heterocycles. The second kappa shape index (κ2) is 6.24. The van der Waals surface area contributed by atoms with Crippen LogP contribution >= 0.6 is 0 Å². The Morgan fingerprint density at radius 2 is 2.30 bits per heavy atom. The second-order valence-corrected chi connectivity index (χ2v) is 5.42. The molecule has 1 heterocycles. The van der Waals surface area contributed by atoms with Crippen LogP contribution in [0.4, 0.5) is 11.4 Å². The standard InChI is InChI=1S/C15H23N3O2/c1-10-8-12(16)4-5-14(10)17-15(19)11(2)18(3)13-6-7-20-9-13/h4-5,8,11,13H,6-7,9,16H2,1-3H3,(H,17,19). The van der Waals surface area contributed by atoms with Crippen molar-refractivity contribution in [2.75, 3.05) is 31.3 Å². The summed E-state index contributed by atoms with van der Waals surface area (Å²) in [4.78, 5) is 14.4. The summed E-state index contributed by atoms with van der Waals surface area (Å²) in [6, 6.07) is 5.62. The summed E-state index contributed by atoms with van der Waals surface area (Å²) in [7, 11) is 1.97. The highest BCUT2D eigenvalue weighted by atomic mass is 16.5. The van der Waals surface area contributed by atoms with Crippen molar-refractivity contribution < 1.29 is 9.53 Å². The molecule has 20 heavy (non-hydrogen) atoms. The molecule has 1 amide bonds. The zero-order valence-electron chi connectivity index (χ0n) is 12.3. The molecule has 2 unspecified atom stereocenters. The molecule has 2 rings (SSSR count). The molecule has 0 radical (unpaired) electrons. The largest absolute Gasteiger partial charge is 0.399 e. The summed E-state index contributed by atoms with van der Waals surface area (Å²) in [5.41, 5.74) is 8.20. The van der Waals surface area contributed by atoms with E-state index in [-0.39, 0.29) is 11.9 Å². The number of ether oxygens (including phenoxy) is 1. The van der Waals surface area contributed by atoms with Gasteiger partial charge in [-0.15, -0.1) is 0 Å². The Labute approximate surface area is 120 Å². The monoisotopic (exact) mass is 277 g/mol. The molecular formula is C15H23N3O2. The van der Waals surface area contributed by atoms with Crippen LogP contribution in [0.5, 0.6) is 0 Å². The van der Waals surface area contributed by atoms with Gasteiger partial charge < -0.3 is 15.8 Å². The number of amides is 1. The SMILES string of the molecule is Cc1cc(N)ccc1NC(=O)C(C)N(C)C1CCOC1. The van der Waals surface area contributed by atoms with Crippen molar-refractivity contribution in [2.24, 2.45) is 0 Å². The molecule has 0 aliphatic carbocycles. The van der Waals surface area contributed by atoms with Gasteiger partial charge in [-0.2, -0.15) is 0 Å². The zero-order valence-corrected chi connectivity index (χ0v) is 12.3. The number of benzene rings is 1. The number of hydrogen-bond acceptors (Lipinski definition) is 4. The first-order valence-corrected chi connectivity index (χ1v) is 6.95. The lowest BCUT2D eigenvalue weighted by molar-refractivity contribution is -0.121. The number of rotatable bonds is 4. The maximum absolute atomic E-state index is 12.3. The van der Waals surface area contributed by atoms with Gasteiger partial charge in [0.15, 0.2) is 0 Å². The molecule has 1 saturated heterocycles. The van der Waals surface area contributed by atoms with E-state index in [0.717, 1.165) is 24.3 Å². The van der Waals surface area contributed by atoms with Crippen molar-refractivity contribution in [1.82, 2.24) is 4.90 Å². The van der Waals surface area contributed by atoms with Gasteiger partial charge in [0, 0.05) is 24.0 Å².